The Balaban J connectivity index is 1.37. The molecule has 0 unspecified atom stereocenters. The molecule has 3 heterocycles. The summed E-state index contributed by atoms with van der Waals surface area (Å²) < 4.78 is 11.0. The monoisotopic (exact) mass is 396 g/mol. The van der Waals surface area contributed by atoms with Crippen molar-refractivity contribution in [3.8, 4) is 11.4 Å². The van der Waals surface area contributed by atoms with Crippen LogP contribution in [-0.4, -0.2) is 21.0 Å². The zero-order valence-electron chi connectivity index (χ0n) is 15.8. The summed E-state index contributed by atoms with van der Waals surface area (Å²) in [6.45, 7) is 0. The molecule has 5 rings (SSSR count). The number of para-hydroxylation sites is 2. The number of carbonyl (C=O) groups excluding carboxylic acids is 1. The average molecular weight is 396 g/mol. The van der Waals surface area contributed by atoms with Gasteiger partial charge in [-0.3, -0.25) is 9.78 Å². The van der Waals surface area contributed by atoms with Crippen LogP contribution in [0.15, 0.2) is 88.1 Å². The van der Waals surface area contributed by atoms with Gasteiger partial charge in [0.25, 0.3) is 5.91 Å². The van der Waals surface area contributed by atoms with Gasteiger partial charge in [-0.15, -0.1) is 0 Å². The molecule has 0 saturated heterocycles. The van der Waals surface area contributed by atoms with Crippen molar-refractivity contribution in [1.29, 1.82) is 0 Å². The fourth-order valence-corrected chi connectivity index (χ4v) is 3.18. The van der Waals surface area contributed by atoms with Crippen LogP contribution in [0.3, 0.4) is 0 Å². The molecular weight excluding hydrogens is 380 g/mol. The molecule has 0 spiro atoms. The van der Waals surface area contributed by atoms with Crippen molar-refractivity contribution in [2.45, 2.75) is 6.42 Å². The highest BCUT2D eigenvalue weighted by Gasteiger charge is 2.16. The van der Waals surface area contributed by atoms with Crippen molar-refractivity contribution in [3.63, 3.8) is 0 Å². The lowest BCUT2D eigenvalue weighted by atomic mass is 10.1. The van der Waals surface area contributed by atoms with E-state index in [-0.39, 0.29) is 11.7 Å². The van der Waals surface area contributed by atoms with Gasteiger partial charge in [0.1, 0.15) is 5.58 Å². The molecule has 30 heavy (non-hydrogen) atoms. The smallest absolute Gasteiger partial charge is 0.291 e. The molecule has 0 fully saturated rings. The van der Waals surface area contributed by atoms with Crippen LogP contribution in [0.5, 0.6) is 0 Å². The lowest BCUT2D eigenvalue weighted by molar-refractivity contribution is 0.0998. The molecule has 3 aromatic heterocycles. The van der Waals surface area contributed by atoms with Crippen molar-refractivity contribution >= 4 is 22.6 Å². The highest BCUT2D eigenvalue weighted by Crippen LogP contribution is 2.23. The minimum Gasteiger partial charge on any atom is -0.451 e. The number of pyridine rings is 1. The minimum absolute atomic E-state index is 0.252. The van der Waals surface area contributed by atoms with E-state index >= 15 is 0 Å². The lowest BCUT2D eigenvalue weighted by Crippen LogP contribution is -2.12. The molecule has 0 aliphatic carbocycles. The van der Waals surface area contributed by atoms with Crippen LogP contribution in [0, 0.1) is 0 Å². The number of benzene rings is 2. The maximum Gasteiger partial charge on any atom is 0.291 e. The van der Waals surface area contributed by atoms with Crippen LogP contribution in [-0.2, 0) is 6.42 Å². The van der Waals surface area contributed by atoms with E-state index in [0.717, 1.165) is 16.5 Å². The molecule has 0 bridgehead atoms. The predicted octanol–water partition coefficient (Wildman–Crippen LogP) is 4.72. The van der Waals surface area contributed by atoms with Crippen LogP contribution in [0.2, 0.25) is 0 Å². The fourth-order valence-electron chi connectivity index (χ4n) is 3.18. The second-order valence-electron chi connectivity index (χ2n) is 6.69. The quantitative estimate of drug-likeness (QED) is 0.462. The highest BCUT2D eigenvalue weighted by molar-refractivity contribution is 6.05. The summed E-state index contributed by atoms with van der Waals surface area (Å²) in [5.74, 6) is 0.851. The van der Waals surface area contributed by atoms with Crippen molar-refractivity contribution in [1.82, 2.24) is 15.1 Å². The highest BCUT2D eigenvalue weighted by atomic mass is 16.5. The maximum atomic E-state index is 12.7. The number of rotatable bonds is 5. The lowest BCUT2D eigenvalue weighted by Gasteiger charge is -2.08. The van der Waals surface area contributed by atoms with Gasteiger partial charge in [0.2, 0.25) is 11.7 Å². The van der Waals surface area contributed by atoms with E-state index < -0.39 is 0 Å². The van der Waals surface area contributed by atoms with E-state index in [9.17, 15) is 4.79 Å². The largest absolute Gasteiger partial charge is 0.451 e. The summed E-state index contributed by atoms with van der Waals surface area (Å²) in [6.07, 6.45) is 3.74. The third kappa shape index (κ3) is 3.56. The van der Waals surface area contributed by atoms with Gasteiger partial charge in [0.05, 0.1) is 6.42 Å². The summed E-state index contributed by atoms with van der Waals surface area (Å²) >= 11 is 0. The van der Waals surface area contributed by atoms with Crippen molar-refractivity contribution in [2.75, 3.05) is 5.32 Å². The molecule has 0 aliphatic heterocycles. The van der Waals surface area contributed by atoms with Crippen LogP contribution in [0.4, 0.5) is 5.69 Å². The fraction of sp³-hybridized carbons (Fsp3) is 0.0435. The number of hydrogen-bond acceptors (Lipinski definition) is 6. The first kappa shape index (κ1) is 17.8. The van der Waals surface area contributed by atoms with Crippen LogP contribution >= 0.6 is 0 Å². The number of nitrogens with one attached hydrogen (secondary N) is 1. The SMILES string of the molecule is O=C(Nc1ccccc1Cc1nc(-c2cccnc2)no1)c1cc2ccccc2o1. The van der Waals surface area contributed by atoms with Gasteiger partial charge in [-0.25, -0.2) is 0 Å². The van der Waals surface area contributed by atoms with Gasteiger partial charge < -0.3 is 14.3 Å². The molecule has 2 aromatic carbocycles. The first-order chi connectivity index (χ1) is 14.8. The third-order valence-electron chi connectivity index (χ3n) is 4.64. The Morgan fingerprint density at radius 3 is 2.73 bits per heavy atom. The van der Waals surface area contributed by atoms with E-state index in [1.54, 1.807) is 18.5 Å². The molecule has 7 heteroatoms. The zero-order valence-corrected chi connectivity index (χ0v) is 15.8. The van der Waals surface area contributed by atoms with Gasteiger partial charge in [0.15, 0.2) is 5.76 Å². The van der Waals surface area contributed by atoms with Gasteiger partial charge >= 0.3 is 0 Å². The molecule has 1 N–H and O–H groups in total. The number of furan rings is 1. The summed E-state index contributed by atoms with van der Waals surface area (Å²) in [6, 6.07) is 20.4. The second kappa shape index (κ2) is 7.63. The van der Waals surface area contributed by atoms with Crippen LogP contribution < -0.4 is 5.32 Å². The Bertz CT molecular complexity index is 1290. The van der Waals surface area contributed by atoms with Gasteiger partial charge in [-0.2, -0.15) is 4.98 Å². The normalized spacial score (nSPS) is 10.9. The van der Waals surface area contributed by atoms with E-state index in [1.807, 2.05) is 60.7 Å². The zero-order chi connectivity index (χ0) is 20.3. The predicted molar refractivity (Wildman–Crippen MR) is 111 cm³/mol. The van der Waals surface area contributed by atoms with Gasteiger partial charge in [-0.05, 0) is 35.9 Å². The Morgan fingerprint density at radius 2 is 1.87 bits per heavy atom. The average Bonchev–Trinajstić information content (AvgIpc) is 3.43. The second-order valence-corrected chi connectivity index (χ2v) is 6.69. The Labute approximate surface area is 171 Å². The number of aromatic nitrogens is 3. The molecule has 0 radical (unpaired) electrons. The Kier molecular flexibility index (Phi) is 4.53. The van der Waals surface area contributed by atoms with Crippen LogP contribution in [0.25, 0.3) is 22.4 Å². The van der Waals surface area contributed by atoms with E-state index in [0.29, 0.717) is 29.4 Å². The number of hydrogen-bond donors (Lipinski definition) is 1. The Hall–Kier alpha value is -4.26. The number of anilines is 1. The first-order valence-corrected chi connectivity index (χ1v) is 9.37. The van der Waals surface area contributed by atoms with Crippen molar-refractivity contribution in [3.05, 3.63) is 96.3 Å². The molecule has 5 aromatic rings. The minimum atomic E-state index is -0.319. The molecule has 0 atom stereocenters. The molecule has 7 nitrogen and oxygen atoms in total. The number of fused-ring (bicyclic) bond motifs is 1. The van der Waals surface area contributed by atoms with Gasteiger partial charge in [0, 0.05) is 29.0 Å². The number of carbonyl (C=O) groups is 1. The van der Waals surface area contributed by atoms with Crippen molar-refractivity contribution in [2.24, 2.45) is 0 Å². The van der Waals surface area contributed by atoms with Crippen LogP contribution in [0.1, 0.15) is 22.0 Å². The standard InChI is InChI=1S/C23H16N4O3/c28-23(20-12-16-7-2-4-10-19(16)29-20)25-18-9-3-1-6-15(18)13-21-26-22(27-30-21)17-8-5-11-24-14-17/h1-12,14H,13H2,(H,25,28). The summed E-state index contributed by atoms with van der Waals surface area (Å²) in [5.41, 5.74) is 2.95. The topological polar surface area (TPSA) is 94.1 Å². The molecule has 146 valence electrons. The van der Waals surface area contributed by atoms with Crippen molar-refractivity contribution < 1.29 is 13.7 Å². The van der Waals surface area contributed by atoms with E-state index in [1.165, 1.54) is 0 Å². The maximum absolute atomic E-state index is 12.7. The summed E-state index contributed by atoms with van der Waals surface area (Å²) in [5, 5.41) is 7.81. The van der Waals surface area contributed by atoms with E-state index in [4.69, 9.17) is 8.94 Å². The summed E-state index contributed by atoms with van der Waals surface area (Å²) in [4.78, 5) is 21.2. The Morgan fingerprint density at radius 1 is 1.00 bits per heavy atom. The first-order valence-electron chi connectivity index (χ1n) is 9.37. The van der Waals surface area contributed by atoms with Gasteiger partial charge in [-0.1, -0.05) is 41.6 Å². The molecular formula is C23H16N4O3. The van der Waals surface area contributed by atoms with E-state index in [2.05, 4.69) is 20.4 Å². The molecule has 0 saturated carbocycles. The third-order valence-corrected chi connectivity index (χ3v) is 4.64. The number of nitrogens with zero attached hydrogens (tertiary/aromatic N) is 3. The molecule has 0 aliphatic rings. The number of amides is 1. The molecule has 1 amide bonds. The summed E-state index contributed by atoms with van der Waals surface area (Å²) in [7, 11) is 0.